The molecule has 0 saturated carbocycles. The van der Waals surface area contributed by atoms with E-state index in [1.807, 2.05) is 6.92 Å². The number of anilines is 1. The lowest BCUT2D eigenvalue weighted by Gasteiger charge is -2.09. The van der Waals surface area contributed by atoms with Crippen LogP contribution in [0.5, 0.6) is 0 Å². The number of carbonyl (C=O) groups excluding carboxylic acids is 1. The summed E-state index contributed by atoms with van der Waals surface area (Å²) in [4.78, 5) is 12.6. The van der Waals surface area contributed by atoms with E-state index in [9.17, 15) is 9.18 Å². The quantitative estimate of drug-likeness (QED) is 0.738. The van der Waals surface area contributed by atoms with Crippen LogP contribution in [0.3, 0.4) is 0 Å². The molecule has 1 heterocycles. The molecule has 1 N–H and O–H groups in total. The predicted octanol–water partition coefficient (Wildman–Crippen LogP) is 3.81. The number of nitrogens with one attached hydrogen (secondary N) is 1. The van der Waals surface area contributed by atoms with Crippen molar-refractivity contribution < 1.29 is 9.18 Å². The second-order valence-corrected chi connectivity index (χ2v) is 5.43. The first kappa shape index (κ1) is 16.5. The zero-order chi connectivity index (χ0) is 17.8. The van der Waals surface area contributed by atoms with Gasteiger partial charge in [0.05, 0.1) is 23.1 Å². The molecule has 25 heavy (non-hydrogen) atoms. The molecule has 1 amide bonds. The van der Waals surface area contributed by atoms with E-state index in [2.05, 4.69) is 16.3 Å². The summed E-state index contributed by atoms with van der Waals surface area (Å²) in [6, 6.07) is 13.1. The molecule has 0 spiro atoms. The van der Waals surface area contributed by atoms with Gasteiger partial charge < -0.3 is 5.32 Å². The third-order valence-corrected chi connectivity index (χ3v) is 3.81. The van der Waals surface area contributed by atoms with Gasteiger partial charge in [0, 0.05) is 11.3 Å². The summed E-state index contributed by atoms with van der Waals surface area (Å²) in [5, 5.41) is 7.12. The molecule has 0 saturated heterocycles. The van der Waals surface area contributed by atoms with Crippen molar-refractivity contribution in [1.29, 1.82) is 0 Å². The van der Waals surface area contributed by atoms with Gasteiger partial charge in [-0.3, -0.25) is 4.79 Å². The van der Waals surface area contributed by atoms with Gasteiger partial charge in [0.2, 0.25) is 0 Å². The number of aromatic nitrogens is 2. The molecular formula is C20H16FN3O. The predicted molar refractivity (Wildman–Crippen MR) is 95.2 cm³/mol. The summed E-state index contributed by atoms with van der Waals surface area (Å²) < 4.78 is 14.8. The molecule has 124 valence electrons. The Bertz CT molecular complexity index is 952. The fraction of sp³-hybridized carbons (Fsp3) is 0.100. The first-order valence-corrected chi connectivity index (χ1v) is 7.83. The number of rotatable bonds is 4. The summed E-state index contributed by atoms with van der Waals surface area (Å²) in [7, 11) is 0. The van der Waals surface area contributed by atoms with E-state index in [0.717, 1.165) is 5.69 Å². The molecule has 0 bridgehead atoms. The van der Waals surface area contributed by atoms with Crippen molar-refractivity contribution in [1.82, 2.24) is 9.78 Å². The van der Waals surface area contributed by atoms with Crippen LogP contribution in [0.2, 0.25) is 0 Å². The summed E-state index contributed by atoms with van der Waals surface area (Å²) in [6.45, 7) is 1.94. The molecule has 3 rings (SSSR count). The van der Waals surface area contributed by atoms with Crippen molar-refractivity contribution >= 4 is 11.6 Å². The Hall–Kier alpha value is -3.39. The molecule has 0 unspecified atom stereocenters. The summed E-state index contributed by atoms with van der Waals surface area (Å²) >= 11 is 0. The number of benzene rings is 2. The van der Waals surface area contributed by atoms with Gasteiger partial charge in [0.15, 0.2) is 0 Å². The third-order valence-electron chi connectivity index (χ3n) is 3.81. The van der Waals surface area contributed by atoms with Crippen LogP contribution in [0.4, 0.5) is 10.1 Å². The normalized spacial score (nSPS) is 10.3. The molecule has 0 atom stereocenters. The van der Waals surface area contributed by atoms with Crippen molar-refractivity contribution in [2.45, 2.75) is 13.3 Å². The van der Waals surface area contributed by atoms with E-state index in [-0.39, 0.29) is 11.7 Å². The van der Waals surface area contributed by atoms with Gasteiger partial charge >= 0.3 is 0 Å². The third kappa shape index (κ3) is 3.43. The Kier molecular flexibility index (Phi) is 4.62. The number of carbonyl (C=O) groups is 1. The number of nitrogens with zero attached hydrogens (tertiary/aromatic N) is 2. The van der Waals surface area contributed by atoms with E-state index in [4.69, 9.17) is 6.42 Å². The highest BCUT2D eigenvalue weighted by atomic mass is 19.1. The first-order chi connectivity index (χ1) is 12.1. The second-order valence-electron chi connectivity index (χ2n) is 5.43. The lowest BCUT2D eigenvalue weighted by Crippen LogP contribution is -2.14. The molecule has 1 aromatic heterocycles. The Morgan fingerprint density at radius 1 is 1.28 bits per heavy atom. The SMILES string of the molecule is C#Cc1cccc(NC(=O)c2cnn(-c3ccc(F)cc3)c2CC)c1. The molecular weight excluding hydrogens is 317 g/mol. The van der Waals surface area contributed by atoms with Crippen LogP contribution in [-0.4, -0.2) is 15.7 Å². The average molecular weight is 333 g/mol. The van der Waals surface area contributed by atoms with Crippen LogP contribution >= 0.6 is 0 Å². The largest absolute Gasteiger partial charge is 0.322 e. The number of halogens is 1. The lowest BCUT2D eigenvalue weighted by atomic mass is 10.1. The van der Waals surface area contributed by atoms with Crippen molar-refractivity contribution in [3.05, 3.63) is 77.4 Å². The van der Waals surface area contributed by atoms with E-state index < -0.39 is 0 Å². The van der Waals surface area contributed by atoms with Gasteiger partial charge in [-0.05, 0) is 48.9 Å². The molecule has 2 aromatic carbocycles. The van der Waals surface area contributed by atoms with Gasteiger partial charge in [-0.1, -0.05) is 18.9 Å². The van der Waals surface area contributed by atoms with Crippen molar-refractivity contribution in [3.8, 4) is 18.0 Å². The highest BCUT2D eigenvalue weighted by Gasteiger charge is 2.17. The molecule has 0 radical (unpaired) electrons. The Morgan fingerprint density at radius 2 is 2.04 bits per heavy atom. The fourth-order valence-electron chi connectivity index (χ4n) is 2.59. The van der Waals surface area contributed by atoms with Crippen LogP contribution < -0.4 is 5.32 Å². The van der Waals surface area contributed by atoms with Gasteiger partial charge in [0.1, 0.15) is 5.82 Å². The molecule has 0 fully saturated rings. The number of terminal acetylenes is 1. The van der Waals surface area contributed by atoms with E-state index in [1.54, 1.807) is 41.1 Å². The standard InChI is InChI=1S/C20H16FN3O/c1-3-14-6-5-7-16(12-14)23-20(25)18-13-22-24(19(18)4-2)17-10-8-15(21)9-11-17/h1,5-13H,4H2,2H3,(H,23,25). The Morgan fingerprint density at radius 3 is 2.72 bits per heavy atom. The smallest absolute Gasteiger partial charge is 0.259 e. The van der Waals surface area contributed by atoms with E-state index >= 15 is 0 Å². The highest BCUT2D eigenvalue weighted by molar-refractivity contribution is 6.05. The Balaban J connectivity index is 1.90. The molecule has 0 aliphatic rings. The maximum absolute atomic E-state index is 13.1. The maximum atomic E-state index is 13.1. The van der Waals surface area contributed by atoms with Gasteiger partial charge in [0.25, 0.3) is 5.91 Å². The molecule has 4 nitrogen and oxygen atoms in total. The Labute approximate surface area is 145 Å². The molecule has 3 aromatic rings. The van der Waals surface area contributed by atoms with Crippen LogP contribution in [0, 0.1) is 18.2 Å². The number of hydrogen-bond donors (Lipinski definition) is 1. The zero-order valence-electron chi connectivity index (χ0n) is 13.7. The van der Waals surface area contributed by atoms with Crippen LogP contribution in [0.1, 0.15) is 28.5 Å². The monoisotopic (exact) mass is 333 g/mol. The topological polar surface area (TPSA) is 46.9 Å². The van der Waals surface area contributed by atoms with Gasteiger partial charge in [-0.15, -0.1) is 6.42 Å². The van der Waals surface area contributed by atoms with Gasteiger partial charge in [-0.2, -0.15) is 5.10 Å². The van der Waals surface area contributed by atoms with E-state index in [1.165, 1.54) is 18.3 Å². The summed E-state index contributed by atoms with van der Waals surface area (Å²) in [5.74, 6) is 1.95. The van der Waals surface area contributed by atoms with Crippen LogP contribution in [-0.2, 0) is 6.42 Å². The van der Waals surface area contributed by atoms with E-state index in [0.29, 0.717) is 28.9 Å². The lowest BCUT2D eigenvalue weighted by molar-refractivity contribution is 0.102. The van der Waals surface area contributed by atoms with Crippen molar-refractivity contribution in [2.75, 3.05) is 5.32 Å². The minimum absolute atomic E-state index is 0.264. The average Bonchev–Trinajstić information content (AvgIpc) is 3.06. The minimum Gasteiger partial charge on any atom is -0.322 e. The number of amides is 1. The molecule has 0 aliphatic heterocycles. The molecule has 5 heteroatoms. The zero-order valence-corrected chi connectivity index (χ0v) is 13.7. The fourth-order valence-corrected chi connectivity index (χ4v) is 2.59. The first-order valence-electron chi connectivity index (χ1n) is 7.83. The maximum Gasteiger partial charge on any atom is 0.259 e. The summed E-state index contributed by atoms with van der Waals surface area (Å²) in [5.41, 5.74) is 3.23. The summed E-state index contributed by atoms with van der Waals surface area (Å²) in [6.07, 6.45) is 7.50. The second kappa shape index (κ2) is 7.02. The minimum atomic E-state index is -0.319. The van der Waals surface area contributed by atoms with Crippen LogP contribution in [0.15, 0.2) is 54.7 Å². The number of hydrogen-bond acceptors (Lipinski definition) is 2. The molecule has 0 aliphatic carbocycles. The van der Waals surface area contributed by atoms with Crippen LogP contribution in [0.25, 0.3) is 5.69 Å². The highest BCUT2D eigenvalue weighted by Crippen LogP contribution is 2.18. The van der Waals surface area contributed by atoms with Crippen molar-refractivity contribution in [2.24, 2.45) is 0 Å². The van der Waals surface area contributed by atoms with Gasteiger partial charge in [-0.25, -0.2) is 9.07 Å². The van der Waals surface area contributed by atoms with Crippen molar-refractivity contribution in [3.63, 3.8) is 0 Å².